The average molecular weight is 245 g/mol. The van der Waals surface area contributed by atoms with Gasteiger partial charge in [-0.1, -0.05) is 11.6 Å². The van der Waals surface area contributed by atoms with Gasteiger partial charge in [-0.15, -0.1) is 0 Å². The molecule has 0 aliphatic rings. The molecule has 0 fully saturated rings. The topological polar surface area (TPSA) is 31.0 Å². The van der Waals surface area contributed by atoms with E-state index in [0.29, 0.717) is 5.02 Å². The third-order valence-electron chi connectivity index (χ3n) is 2.50. The summed E-state index contributed by atoms with van der Waals surface area (Å²) >= 11 is 6.24. The van der Waals surface area contributed by atoms with E-state index < -0.39 is 0 Å². The Morgan fingerprint density at radius 1 is 1.18 bits per heavy atom. The minimum atomic E-state index is 0.641. The van der Waals surface area contributed by atoms with Gasteiger partial charge in [0.05, 0.1) is 17.0 Å². The molecule has 1 aromatic carbocycles. The molecule has 0 spiro atoms. The lowest BCUT2D eigenvalue weighted by atomic mass is 10.1. The van der Waals surface area contributed by atoms with E-state index in [9.17, 15) is 0 Å². The highest BCUT2D eigenvalue weighted by Gasteiger charge is 2.06. The molecule has 0 saturated carbocycles. The van der Waals surface area contributed by atoms with E-state index in [2.05, 4.69) is 5.10 Å². The van der Waals surface area contributed by atoms with Crippen LogP contribution in [0.3, 0.4) is 0 Å². The number of hydrogen-bond acceptors (Lipinski definition) is 2. The number of nitrogens with zero attached hydrogens (tertiary/aromatic N) is 2. The summed E-state index contributed by atoms with van der Waals surface area (Å²) in [6.45, 7) is 0. The molecule has 4 heteroatoms. The molecule has 3 nitrogen and oxygen atoms in total. The molecule has 0 amide bonds. The maximum Gasteiger partial charge on any atom is 0.133 e. The van der Waals surface area contributed by atoms with Crippen LogP contribution in [0.2, 0.25) is 5.02 Å². The second-order valence-electron chi connectivity index (χ2n) is 3.59. The fraction of sp³-hybridized carbons (Fsp3) is 0. The minimum absolute atomic E-state index is 0.641. The first-order chi connectivity index (χ1) is 8.34. The number of halogens is 1. The van der Waals surface area contributed by atoms with Crippen LogP contribution >= 0.6 is 11.6 Å². The summed E-state index contributed by atoms with van der Waals surface area (Å²) in [4.78, 5) is 0. The van der Waals surface area contributed by atoms with Gasteiger partial charge < -0.3 is 4.42 Å². The van der Waals surface area contributed by atoms with Crippen LogP contribution in [0.25, 0.3) is 17.0 Å². The molecule has 0 bridgehead atoms. The second-order valence-corrected chi connectivity index (χ2v) is 4.00. The smallest absolute Gasteiger partial charge is 0.133 e. The van der Waals surface area contributed by atoms with Gasteiger partial charge >= 0.3 is 0 Å². The first kappa shape index (κ1) is 10.2. The zero-order chi connectivity index (χ0) is 11.7. The van der Waals surface area contributed by atoms with Crippen molar-refractivity contribution in [3.05, 3.63) is 60.1 Å². The van der Waals surface area contributed by atoms with Crippen LogP contribution in [0.5, 0.6) is 0 Å². The van der Waals surface area contributed by atoms with Gasteiger partial charge in [0, 0.05) is 18.0 Å². The minimum Gasteiger partial charge on any atom is -0.464 e. The normalized spacial score (nSPS) is 10.6. The number of aromatic nitrogens is 2. The molecular weight excluding hydrogens is 236 g/mol. The van der Waals surface area contributed by atoms with E-state index in [0.717, 1.165) is 17.0 Å². The summed E-state index contributed by atoms with van der Waals surface area (Å²) in [5.41, 5.74) is 1.81. The van der Waals surface area contributed by atoms with Gasteiger partial charge in [-0.25, -0.2) is 4.68 Å². The Morgan fingerprint density at radius 2 is 2.12 bits per heavy atom. The van der Waals surface area contributed by atoms with E-state index in [-0.39, 0.29) is 0 Å². The summed E-state index contributed by atoms with van der Waals surface area (Å²) in [6.07, 6.45) is 5.22. The van der Waals surface area contributed by atoms with Crippen molar-refractivity contribution in [1.29, 1.82) is 0 Å². The molecule has 3 aromatic rings. The maximum atomic E-state index is 6.24. The van der Waals surface area contributed by atoms with Gasteiger partial charge in [-0.05, 0) is 36.4 Å². The molecule has 3 rings (SSSR count). The molecule has 0 saturated heterocycles. The number of benzene rings is 1. The zero-order valence-corrected chi connectivity index (χ0v) is 9.63. The lowest BCUT2D eigenvalue weighted by molar-refractivity contribution is 0.582. The average Bonchev–Trinajstić information content (AvgIpc) is 3.02. The quantitative estimate of drug-likeness (QED) is 0.687. The van der Waals surface area contributed by atoms with E-state index in [1.54, 1.807) is 17.1 Å². The molecule has 84 valence electrons. The summed E-state index contributed by atoms with van der Waals surface area (Å²) in [5.74, 6) is 0.805. The third-order valence-corrected chi connectivity index (χ3v) is 2.81. The first-order valence-electron chi connectivity index (χ1n) is 5.18. The summed E-state index contributed by atoms with van der Waals surface area (Å²) < 4.78 is 7.05. The number of hydrogen-bond donors (Lipinski definition) is 0. The van der Waals surface area contributed by atoms with Crippen molar-refractivity contribution in [3.63, 3.8) is 0 Å². The first-order valence-corrected chi connectivity index (χ1v) is 5.56. The van der Waals surface area contributed by atoms with Crippen molar-refractivity contribution in [2.75, 3.05) is 0 Å². The summed E-state index contributed by atoms with van der Waals surface area (Å²) in [7, 11) is 0. The molecule has 2 heterocycles. The molecule has 17 heavy (non-hydrogen) atoms. The molecule has 0 radical (unpaired) electrons. The second kappa shape index (κ2) is 4.11. The van der Waals surface area contributed by atoms with E-state index >= 15 is 0 Å². The molecule has 0 N–H and O–H groups in total. The van der Waals surface area contributed by atoms with E-state index in [1.165, 1.54) is 0 Å². The van der Waals surface area contributed by atoms with Gasteiger partial charge in [-0.3, -0.25) is 0 Å². The third kappa shape index (κ3) is 1.85. The standard InChI is InChI=1S/C13H9ClN2O/c14-11-9-10(13-3-1-8-17-13)4-5-12(11)16-7-2-6-15-16/h1-9H. The van der Waals surface area contributed by atoms with Crippen LogP contribution in [-0.2, 0) is 0 Å². The number of furan rings is 1. The van der Waals surface area contributed by atoms with Crippen molar-refractivity contribution < 1.29 is 4.42 Å². The van der Waals surface area contributed by atoms with Crippen LogP contribution < -0.4 is 0 Å². The van der Waals surface area contributed by atoms with Crippen molar-refractivity contribution in [3.8, 4) is 17.0 Å². The van der Waals surface area contributed by atoms with Gasteiger partial charge in [0.15, 0.2) is 0 Å². The zero-order valence-electron chi connectivity index (χ0n) is 8.88. The van der Waals surface area contributed by atoms with Crippen molar-refractivity contribution in [2.45, 2.75) is 0 Å². The van der Waals surface area contributed by atoms with Gasteiger partial charge in [0.1, 0.15) is 5.76 Å². The fourth-order valence-corrected chi connectivity index (χ4v) is 1.97. The van der Waals surface area contributed by atoms with Crippen LogP contribution in [0.4, 0.5) is 0 Å². The molecule has 2 aromatic heterocycles. The van der Waals surface area contributed by atoms with Crippen LogP contribution in [-0.4, -0.2) is 9.78 Å². The molecular formula is C13H9ClN2O. The molecule has 0 aliphatic heterocycles. The lowest BCUT2D eigenvalue weighted by Crippen LogP contribution is -1.95. The van der Waals surface area contributed by atoms with Crippen LogP contribution in [0, 0.1) is 0 Å². The Balaban J connectivity index is 2.06. The SMILES string of the molecule is Clc1cc(-c2ccco2)ccc1-n1cccn1. The predicted molar refractivity (Wildman–Crippen MR) is 66.3 cm³/mol. The van der Waals surface area contributed by atoms with Crippen molar-refractivity contribution in [2.24, 2.45) is 0 Å². The Hall–Kier alpha value is -2.00. The molecule has 0 unspecified atom stereocenters. The molecule has 0 atom stereocenters. The van der Waals surface area contributed by atoms with E-state index in [1.807, 2.05) is 42.6 Å². The maximum absolute atomic E-state index is 6.24. The fourth-order valence-electron chi connectivity index (χ4n) is 1.70. The Labute approximate surface area is 103 Å². The van der Waals surface area contributed by atoms with Crippen LogP contribution in [0.1, 0.15) is 0 Å². The Morgan fingerprint density at radius 3 is 2.76 bits per heavy atom. The number of rotatable bonds is 2. The van der Waals surface area contributed by atoms with Crippen molar-refractivity contribution >= 4 is 11.6 Å². The highest BCUT2D eigenvalue weighted by atomic mass is 35.5. The predicted octanol–water partition coefficient (Wildman–Crippen LogP) is 3.79. The van der Waals surface area contributed by atoms with Gasteiger partial charge in [-0.2, -0.15) is 5.10 Å². The Bertz CT molecular complexity index is 615. The lowest BCUT2D eigenvalue weighted by Gasteiger charge is -2.05. The largest absolute Gasteiger partial charge is 0.464 e. The summed E-state index contributed by atoms with van der Waals surface area (Å²) in [6, 6.07) is 11.4. The summed E-state index contributed by atoms with van der Waals surface area (Å²) in [5, 5.41) is 4.79. The van der Waals surface area contributed by atoms with Crippen LogP contribution in [0.15, 0.2) is 59.5 Å². The van der Waals surface area contributed by atoms with E-state index in [4.69, 9.17) is 16.0 Å². The van der Waals surface area contributed by atoms with Crippen molar-refractivity contribution in [1.82, 2.24) is 9.78 Å². The Kier molecular flexibility index (Phi) is 2.46. The van der Waals surface area contributed by atoms with Gasteiger partial charge in [0.25, 0.3) is 0 Å². The van der Waals surface area contributed by atoms with Gasteiger partial charge in [0.2, 0.25) is 0 Å². The monoisotopic (exact) mass is 244 g/mol. The molecule has 0 aliphatic carbocycles. The highest BCUT2D eigenvalue weighted by molar-refractivity contribution is 6.32. The highest BCUT2D eigenvalue weighted by Crippen LogP contribution is 2.27.